The van der Waals surface area contributed by atoms with Gasteiger partial charge in [0.2, 0.25) is 5.91 Å². The second-order valence-electron chi connectivity index (χ2n) is 3.99. The van der Waals surface area contributed by atoms with Crippen molar-refractivity contribution in [3.05, 3.63) is 24.5 Å². The van der Waals surface area contributed by atoms with Gasteiger partial charge in [0.1, 0.15) is 24.5 Å². The molecule has 19 heavy (non-hydrogen) atoms. The van der Waals surface area contributed by atoms with Crippen LogP contribution in [0, 0.1) is 0 Å². The third-order valence-electron chi connectivity index (χ3n) is 2.65. The van der Waals surface area contributed by atoms with Crippen molar-refractivity contribution >= 4 is 22.6 Å². The fraction of sp³-hybridized carbons (Fsp3) is 0.308. The second-order valence-corrected chi connectivity index (χ2v) is 3.99. The van der Waals surface area contributed by atoms with Crippen molar-refractivity contribution in [1.82, 2.24) is 15.3 Å². The van der Waals surface area contributed by atoms with E-state index < -0.39 is 0 Å². The molecule has 0 radical (unpaired) electrons. The number of nitrogen functional groups attached to an aromatic ring is 1. The monoisotopic (exact) mass is 260 g/mol. The minimum atomic E-state index is 0.0137. The molecule has 0 spiro atoms. The van der Waals surface area contributed by atoms with Gasteiger partial charge in [-0.2, -0.15) is 0 Å². The molecule has 2 rings (SSSR count). The van der Waals surface area contributed by atoms with Gasteiger partial charge in [-0.25, -0.2) is 9.97 Å². The zero-order valence-corrected chi connectivity index (χ0v) is 10.7. The summed E-state index contributed by atoms with van der Waals surface area (Å²) in [5.74, 6) is 1.12. The number of ether oxygens (including phenoxy) is 1. The van der Waals surface area contributed by atoms with Crippen molar-refractivity contribution in [2.24, 2.45) is 0 Å². The molecule has 0 saturated heterocycles. The fourth-order valence-corrected chi connectivity index (χ4v) is 1.63. The number of hydrogen-bond donors (Lipinski definition) is 2. The van der Waals surface area contributed by atoms with Gasteiger partial charge in [-0.05, 0) is 18.2 Å². The average Bonchev–Trinajstić information content (AvgIpc) is 2.44. The number of carbonyl (C=O) groups excluding carboxylic acids is 1. The van der Waals surface area contributed by atoms with Crippen LogP contribution in [-0.4, -0.2) is 29.0 Å². The first-order valence-electron chi connectivity index (χ1n) is 6.10. The van der Waals surface area contributed by atoms with Gasteiger partial charge in [-0.15, -0.1) is 0 Å². The molecule has 100 valence electrons. The molecule has 1 aromatic carbocycles. The molecule has 0 atom stereocenters. The summed E-state index contributed by atoms with van der Waals surface area (Å²) < 4.78 is 5.54. The summed E-state index contributed by atoms with van der Waals surface area (Å²) >= 11 is 0. The van der Waals surface area contributed by atoms with Gasteiger partial charge in [0.05, 0.1) is 12.1 Å². The van der Waals surface area contributed by atoms with Gasteiger partial charge in [0.25, 0.3) is 0 Å². The third kappa shape index (κ3) is 3.31. The number of nitrogens with one attached hydrogen (secondary N) is 1. The zero-order chi connectivity index (χ0) is 13.7. The summed E-state index contributed by atoms with van der Waals surface area (Å²) in [6.07, 6.45) is 1.91. The molecule has 1 heterocycles. The number of nitrogens with two attached hydrogens (primary N) is 1. The van der Waals surface area contributed by atoms with E-state index in [1.165, 1.54) is 6.33 Å². The molecule has 0 aliphatic carbocycles. The van der Waals surface area contributed by atoms with E-state index in [9.17, 15) is 4.79 Å². The molecule has 6 heteroatoms. The number of amides is 1. The van der Waals surface area contributed by atoms with Gasteiger partial charge in [0.15, 0.2) is 0 Å². The third-order valence-corrected chi connectivity index (χ3v) is 2.65. The Hall–Kier alpha value is -2.37. The van der Waals surface area contributed by atoms with Crippen LogP contribution in [0.2, 0.25) is 0 Å². The van der Waals surface area contributed by atoms with Gasteiger partial charge < -0.3 is 15.8 Å². The van der Waals surface area contributed by atoms with E-state index in [1.54, 1.807) is 6.07 Å². The normalized spacial score (nSPS) is 10.4. The number of benzene rings is 1. The minimum absolute atomic E-state index is 0.0137. The van der Waals surface area contributed by atoms with Crippen molar-refractivity contribution < 1.29 is 9.53 Å². The van der Waals surface area contributed by atoms with Gasteiger partial charge >= 0.3 is 0 Å². The molecular formula is C13H16N4O2. The maximum atomic E-state index is 11.0. The molecule has 1 amide bonds. The quantitative estimate of drug-likeness (QED) is 0.786. The van der Waals surface area contributed by atoms with Crippen LogP contribution in [0.3, 0.4) is 0 Å². The number of carbonyl (C=O) groups is 1. The summed E-state index contributed by atoms with van der Waals surface area (Å²) in [5.41, 5.74) is 6.55. The highest BCUT2D eigenvalue weighted by atomic mass is 16.5. The molecule has 0 bridgehead atoms. The number of anilines is 1. The van der Waals surface area contributed by atoms with E-state index in [-0.39, 0.29) is 5.91 Å². The smallest absolute Gasteiger partial charge is 0.219 e. The summed E-state index contributed by atoms with van der Waals surface area (Å²) in [6, 6.07) is 5.44. The number of fused-ring (bicyclic) bond motifs is 1. The number of aromatic nitrogens is 2. The van der Waals surface area contributed by atoms with E-state index in [1.807, 2.05) is 19.1 Å². The van der Waals surface area contributed by atoms with Crippen LogP contribution in [0.15, 0.2) is 24.5 Å². The number of rotatable bonds is 5. The largest absolute Gasteiger partial charge is 0.492 e. The summed E-state index contributed by atoms with van der Waals surface area (Å²) in [4.78, 5) is 19.1. The Kier molecular flexibility index (Phi) is 4.12. The molecule has 0 saturated carbocycles. The summed E-state index contributed by atoms with van der Waals surface area (Å²) in [7, 11) is 0. The first kappa shape index (κ1) is 13.1. The van der Waals surface area contributed by atoms with E-state index in [0.717, 1.165) is 10.9 Å². The van der Waals surface area contributed by atoms with E-state index in [2.05, 4.69) is 15.3 Å². The lowest BCUT2D eigenvalue weighted by molar-refractivity contribution is -0.120. The lowest BCUT2D eigenvalue weighted by Gasteiger charge is -2.08. The van der Waals surface area contributed by atoms with E-state index >= 15 is 0 Å². The fourth-order valence-electron chi connectivity index (χ4n) is 1.63. The molecule has 2 aromatic rings. The van der Waals surface area contributed by atoms with Crippen LogP contribution in [0.4, 0.5) is 5.82 Å². The Morgan fingerprint density at radius 2 is 2.26 bits per heavy atom. The Balaban J connectivity index is 1.98. The van der Waals surface area contributed by atoms with Crippen LogP contribution < -0.4 is 15.8 Å². The first-order valence-corrected chi connectivity index (χ1v) is 6.10. The SMILES string of the molecule is CCC(=O)NCCOc1ccc2ncnc(N)c2c1. The Labute approximate surface area is 111 Å². The molecule has 0 fully saturated rings. The van der Waals surface area contributed by atoms with Crippen LogP contribution >= 0.6 is 0 Å². The predicted octanol–water partition coefficient (Wildman–Crippen LogP) is 1.12. The molecule has 6 nitrogen and oxygen atoms in total. The highest BCUT2D eigenvalue weighted by Crippen LogP contribution is 2.22. The van der Waals surface area contributed by atoms with Crippen LogP contribution in [0.1, 0.15) is 13.3 Å². The lowest BCUT2D eigenvalue weighted by Crippen LogP contribution is -2.27. The van der Waals surface area contributed by atoms with Gasteiger partial charge in [0, 0.05) is 11.8 Å². The zero-order valence-electron chi connectivity index (χ0n) is 10.7. The van der Waals surface area contributed by atoms with Crippen LogP contribution in [0.25, 0.3) is 10.9 Å². The minimum Gasteiger partial charge on any atom is -0.492 e. The van der Waals surface area contributed by atoms with E-state index in [0.29, 0.717) is 31.1 Å². The lowest BCUT2D eigenvalue weighted by atomic mass is 10.2. The molecule has 0 unspecified atom stereocenters. The van der Waals surface area contributed by atoms with E-state index in [4.69, 9.17) is 10.5 Å². The van der Waals surface area contributed by atoms with Gasteiger partial charge in [-0.3, -0.25) is 4.79 Å². The van der Waals surface area contributed by atoms with Crippen LogP contribution in [0.5, 0.6) is 5.75 Å². The molecular weight excluding hydrogens is 244 g/mol. The topological polar surface area (TPSA) is 90.1 Å². The number of nitrogens with zero attached hydrogens (tertiary/aromatic N) is 2. The van der Waals surface area contributed by atoms with Crippen molar-refractivity contribution in [3.63, 3.8) is 0 Å². The Morgan fingerprint density at radius 3 is 3.05 bits per heavy atom. The summed E-state index contributed by atoms with van der Waals surface area (Å²) in [5, 5.41) is 3.50. The average molecular weight is 260 g/mol. The Morgan fingerprint density at radius 1 is 1.42 bits per heavy atom. The highest BCUT2D eigenvalue weighted by Gasteiger charge is 2.03. The standard InChI is InChI=1S/C13H16N4O2/c1-2-12(18)15-5-6-19-9-3-4-11-10(7-9)13(14)17-8-16-11/h3-4,7-8H,2,5-6H2,1H3,(H,15,18)(H2,14,16,17). The van der Waals surface area contributed by atoms with Crippen molar-refractivity contribution in [3.8, 4) is 5.75 Å². The van der Waals surface area contributed by atoms with Crippen molar-refractivity contribution in [1.29, 1.82) is 0 Å². The van der Waals surface area contributed by atoms with Crippen molar-refractivity contribution in [2.45, 2.75) is 13.3 Å². The first-order chi connectivity index (χ1) is 9.20. The predicted molar refractivity (Wildman–Crippen MR) is 72.7 cm³/mol. The Bertz CT molecular complexity index is 586. The van der Waals surface area contributed by atoms with Gasteiger partial charge in [-0.1, -0.05) is 6.92 Å². The maximum Gasteiger partial charge on any atom is 0.219 e. The van der Waals surface area contributed by atoms with Crippen molar-refractivity contribution in [2.75, 3.05) is 18.9 Å². The molecule has 0 aliphatic rings. The molecule has 1 aromatic heterocycles. The number of hydrogen-bond acceptors (Lipinski definition) is 5. The second kappa shape index (κ2) is 5.99. The van der Waals surface area contributed by atoms with Crippen LogP contribution in [-0.2, 0) is 4.79 Å². The summed E-state index contributed by atoms with van der Waals surface area (Å²) in [6.45, 7) is 2.69. The maximum absolute atomic E-state index is 11.0. The highest BCUT2D eigenvalue weighted by molar-refractivity contribution is 5.88. The molecule has 3 N–H and O–H groups in total. The molecule has 0 aliphatic heterocycles.